The van der Waals surface area contributed by atoms with Crippen molar-refractivity contribution in [2.45, 2.75) is 18.9 Å². The third-order valence-corrected chi connectivity index (χ3v) is 2.51. The summed E-state index contributed by atoms with van der Waals surface area (Å²) in [5, 5.41) is 0. The number of ether oxygens (including phenoxy) is 1. The Balaban J connectivity index is 2.39. The van der Waals surface area contributed by atoms with E-state index in [1.54, 1.807) is 12.1 Å². The molecule has 0 amide bonds. The van der Waals surface area contributed by atoms with Gasteiger partial charge in [-0.25, -0.2) is 14.2 Å². The quantitative estimate of drug-likeness (QED) is 0.590. The van der Waals surface area contributed by atoms with E-state index in [-0.39, 0.29) is 0 Å². The zero-order valence-corrected chi connectivity index (χ0v) is 8.04. The third-order valence-electron chi connectivity index (χ3n) is 2.51. The summed E-state index contributed by atoms with van der Waals surface area (Å²) in [4.78, 5) is 0. The highest BCUT2D eigenvalue weighted by Crippen LogP contribution is 2.35. The largest absolute Gasteiger partial charge is 0.493 e. The lowest BCUT2D eigenvalue weighted by atomic mass is 10.0. The van der Waals surface area contributed by atoms with Crippen LogP contribution in [0.15, 0.2) is 18.2 Å². The van der Waals surface area contributed by atoms with Crippen molar-refractivity contribution in [3.8, 4) is 5.75 Å². The Labute approximate surface area is 86.2 Å². The molecule has 5 heteroatoms. The molecule has 0 aliphatic carbocycles. The van der Waals surface area contributed by atoms with E-state index in [4.69, 9.17) is 10.6 Å². The van der Waals surface area contributed by atoms with Crippen LogP contribution in [0.3, 0.4) is 0 Å². The first-order valence-electron chi connectivity index (χ1n) is 4.73. The van der Waals surface area contributed by atoms with Crippen LogP contribution < -0.4 is 16.0 Å². The number of hydrogen-bond donors (Lipinski definition) is 2. The van der Waals surface area contributed by atoms with E-state index in [0.29, 0.717) is 17.9 Å². The molecule has 2 rings (SSSR count). The number of nitrogens with one attached hydrogen (secondary N) is 1. The highest BCUT2D eigenvalue weighted by atomic mass is 19.3. The first kappa shape index (κ1) is 10.3. The number of para-hydroxylation sites is 1. The van der Waals surface area contributed by atoms with E-state index < -0.39 is 12.5 Å². The van der Waals surface area contributed by atoms with Gasteiger partial charge in [0.25, 0.3) is 6.43 Å². The minimum absolute atomic E-state index is 0.433. The van der Waals surface area contributed by atoms with Gasteiger partial charge in [-0.1, -0.05) is 18.2 Å². The maximum Gasteiger partial charge on any atom is 0.259 e. The summed E-state index contributed by atoms with van der Waals surface area (Å²) in [6, 6.07) is 4.07. The van der Waals surface area contributed by atoms with E-state index in [2.05, 4.69) is 5.43 Å². The van der Waals surface area contributed by atoms with Gasteiger partial charge in [0.05, 0.1) is 6.61 Å². The summed E-state index contributed by atoms with van der Waals surface area (Å²) < 4.78 is 30.6. The number of halogens is 2. The van der Waals surface area contributed by atoms with Gasteiger partial charge >= 0.3 is 0 Å². The first-order chi connectivity index (χ1) is 7.24. The molecule has 0 fully saturated rings. The molecule has 3 nitrogen and oxygen atoms in total. The number of nitrogens with two attached hydrogens (primary N) is 1. The van der Waals surface area contributed by atoms with Gasteiger partial charge in [0.15, 0.2) is 0 Å². The van der Waals surface area contributed by atoms with E-state index in [0.717, 1.165) is 12.0 Å². The Hall–Kier alpha value is -1.20. The van der Waals surface area contributed by atoms with Crippen molar-refractivity contribution >= 4 is 0 Å². The molecule has 0 bridgehead atoms. The Kier molecular flexibility index (Phi) is 2.83. The summed E-state index contributed by atoms with van der Waals surface area (Å²) in [5.41, 5.74) is 3.52. The van der Waals surface area contributed by atoms with Gasteiger partial charge in [-0.15, -0.1) is 0 Å². The molecular formula is C10H12F2N2O. The molecule has 1 aromatic rings. The second-order valence-corrected chi connectivity index (χ2v) is 3.41. The fourth-order valence-corrected chi connectivity index (χ4v) is 1.78. The molecule has 1 aliphatic heterocycles. The average Bonchev–Trinajstić information content (AvgIpc) is 2.66. The molecule has 3 N–H and O–H groups in total. The van der Waals surface area contributed by atoms with Crippen LogP contribution in [0.1, 0.15) is 17.2 Å². The third kappa shape index (κ3) is 1.80. The topological polar surface area (TPSA) is 47.3 Å². The molecule has 0 radical (unpaired) electrons. The Bertz CT molecular complexity index is 357. The lowest BCUT2D eigenvalue weighted by molar-refractivity contribution is 0.0972. The monoisotopic (exact) mass is 214 g/mol. The van der Waals surface area contributed by atoms with Crippen molar-refractivity contribution in [3.63, 3.8) is 0 Å². The van der Waals surface area contributed by atoms with Crippen LogP contribution in [0.25, 0.3) is 0 Å². The van der Waals surface area contributed by atoms with E-state index in [9.17, 15) is 8.78 Å². The molecule has 1 aliphatic rings. The molecular weight excluding hydrogens is 202 g/mol. The van der Waals surface area contributed by atoms with E-state index in [1.165, 1.54) is 0 Å². The van der Waals surface area contributed by atoms with Crippen molar-refractivity contribution in [1.29, 1.82) is 0 Å². The second-order valence-electron chi connectivity index (χ2n) is 3.41. The molecule has 1 atom stereocenters. The molecule has 0 spiro atoms. The summed E-state index contributed by atoms with van der Waals surface area (Å²) in [6.45, 7) is 0.548. The van der Waals surface area contributed by atoms with Gasteiger partial charge in [0.2, 0.25) is 0 Å². The van der Waals surface area contributed by atoms with Gasteiger partial charge in [-0.2, -0.15) is 0 Å². The van der Waals surface area contributed by atoms with Crippen LogP contribution in [0.5, 0.6) is 5.75 Å². The van der Waals surface area contributed by atoms with Crippen LogP contribution in [0.2, 0.25) is 0 Å². The summed E-state index contributed by atoms with van der Waals surface area (Å²) in [5.74, 6) is 5.67. The van der Waals surface area contributed by atoms with Gasteiger partial charge in [0.1, 0.15) is 11.8 Å². The van der Waals surface area contributed by atoms with Gasteiger partial charge in [-0.3, -0.25) is 5.84 Å². The number of hydrazine groups is 1. The van der Waals surface area contributed by atoms with Crippen molar-refractivity contribution in [3.05, 3.63) is 29.3 Å². The van der Waals surface area contributed by atoms with Crippen LogP contribution >= 0.6 is 0 Å². The predicted molar refractivity (Wildman–Crippen MR) is 51.7 cm³/mol. The smallest absolute Gasteiger partial charge is 0.259 e. The molecule has 0 saturated heterocycles. The second kappa shape index (κ2) is 4.12. The Morgan fingerprint density at radius 1 is 1.40 bits per heavy atom. The number of benzene rings is 1. The molecule has 82 valence electrons. The zero-order valence-electron chi connectivity index (χ0n) is 8.04. The van der Waals surface area contributed by atoms with Crippen molar-refractivity contribution in [1.82, 2.24) is 5.43 Å². The molecule has 0 aromatic heterocycles. The van der Waals surface area contributed by atoms with E-state index in [1.807, 2.05) is 6.07 Å². The summed E-state index contributed by atoms with van der Waals surface area (Å²) >= 11 is 0. The van der Waals surface area contributed by atoms with Crippen molar-refractivity contribution in [2.75, 3.05) is 6.61 Å². The molecule has 1 heterocycles. The SMILES string of the molecule is NNC(c1cccc2c1OCC2)C(F)F. The number of hydrogen-bond acceptors (Lipinski definition) is 3. The molecule has 1 unspecified atom stereocenters. The zero-order chi connectivity index (χ0) is 10.8. The van der Waals surface area contributed by atoms with Gasteiger partial charge in [-0.05, 0) is 5.56 Å². The Morgan fingerprint density at radius 2 is 2.20 bits per heavy atom. The van der Waals surface area contributed by atoms with Crippen molar-refractivity contribution in [2.24, 2.45) is 5.84 Å². The Morgan fingerprint density at radius 3 is 2.87 bits per heavy atom. The highest BCUT2D eigenvalue weighted by Gasteiger charge is 2.27. The molecule has 15 heavy (non-hydrogen) atoms. The first-order valence-corrected chi connectivity index (χ1v) is 4.73. The number of fused-ring (bicyclic) bond motifs is 1. The average molecular weight is 214 g/mol. The summed E-state index contributed by atoms with van der Waals surface area (Å²) in [7, 11) is 0. The standard InChI is InChI=1S/C10H12F2N2O/c11-10(12)8(14-13)7-3-1-2-6-4-5-15-9(6)7/h1-3,8,10,14H,4-5,13H2. The highest BCUT2D eigenvalue weighted by molar-refractivity contribution is 5.45. The van der Waals surface area contributed by atoms with Gasteiger partial charge < -0.3 is 4.74 Å². The van der Waals surface area contributed by atoms with Crippen LogP contribution in [-0.2, 0) is 6.42 Å². The maximum atomic E-state index is 12.7. The number of alkyl halides is 2. The fraction of sp³-hybridized carbons (Fsp3) is 0.400. The minimum atomic E-state index is -2.55. The van der Waals surface area contributed by atoms with Crippen LogP contribution in [0.4, 0.5) is 8.78 Å². The van der Waals surface area contributed by atoms with Crippen molar-refractivity contribution < 1.29 is 13.5 Å². The lowest BCUT2D eigenvalue weighted by Gasteiger charge is -2.17. The summed E-state index contributed by atoms with van der Waals surface area (Å²) in [6.07, 6.45) is -1.78. The molecule has 1 aromatic carbocycles. The van der Waals surface area contributed by atoms with E-state index >= 15 is 0 Å². The normalized spacial score (nSPS) is 16.3. The van der Waals surface area contributed by atoms with Crippen LogP contribution in [-0.4, -0.2) is 13.0 Å². The minimum Gasteiger partial charge on any atom is -0.493 e. The predicted octanol–water partition coefficient (Wildman–Crippen LogP) is 1.39. The van der Waals surface area contributed by atoms with Gasteiger partial charge in [0, 0.05) is 12.0 Å². The number of rotatable bonds is 3. The lowest BCUT2D eigenvalue weighted by Crippen LogP contribution is -2.33. The molecule has 0 saturated carbocycles. The van der Waals surface area contributed by atoms with Crippen LogP contribution in [0, 0.1) is 0 Å². The fourth-order valence-electron chi connectivity index (χ4n) is 1.78. The maximum absolute atomic E-state index is 12.7.